The van der Waals surface area contributed by atoms with E-state index in [9.17, 15) is 35.1 Å². The number of fused-ring (bicyclic) bond motifs is 4. The molecule has 10 rings (SSSR count). The smallest absolute Gasteiger partial charge is 0.331 e. The van der Waals surface area contributed by atoms with E-state index in [1.165, 1.54) is 5.56 Å². The van der Waals surface area contributed by atoms with Crippen molar-refractivity contribution in [1.29, 1.82) is 0 Å². The molecule has 12 heteroatoms. The molecule has 350 valence electrons. The van der Waals surface area contributed by atoms with Gasteiger partial charge in [0.2, 0.25) is 0 Å². The highest BCUT2D eigenvalue weighted by Crippen LogP contribution is 2.84. The Kier molecular flexibility index (Phi) is 10.2. The molecule has 0 aromatic heterocycles. The second-order valence-corrected chi connectivity index (χ2v) is 22.2. The van der Waals surface area contributed by atoms with Crippen molar-refractivity contribution < 1.29 is 39.9 Å². The number of carbonyl (C=O) groups is 3. The number of nitrogens with one attached hydrogen (secondary N) is 1. The molecule has 0 aliphatic heterocycles. The summed E-state index contributed by atoms with van der Waals surface area (Å²) in [5.74, 6) is 2.81. The van der Waals surface area contributed by atoms with Crippen LogP contribution in [-0.2, 0) is 20.8 Å². The Hall–Kier alpha value is -4.64. The molecule has 9 aliphatic rings. The number of guanidine groups is 1. The van der Waals surface area contributed by atoms with Gasteiger partial charge in [0.15, 0.2) is 11.7 Å². The predicted octanol–water partition coefficient (Wildman–Crippen LogP) is 4.85. The fourth-order valence-corrected chi connectivity index (χ4v) is 17.2. The van der Waals surface area contributed by atoms with Crippen molar-refractivity contribution in [2.24, 2.45) is 67.2 Å². The highest BCUT2D eigenvalue weighted by molar-refractivity contribution is 6.02. The lowest BCUT2D eigenvalue weighted by molar-refractivity contribution is -0.171. The lowest BCUT2D eigenvalue weighted by atomic mass is 9.33. The lowest BCUT2D eigenvalue weighted by Gasteiger charge is -2.70. The normalized spacial score (nSPS) is 44.4. The van der Waals surface area contributed by atoms with Crippen LogP contribution in [0.3, 0.4) is 0 Å². The minimum atomic E-state index is -1.80. The van der Waals surface area contributed by atoms with Gasteiger partial charge in [-0.1, -0.05) is 74.9 Å². The average molecular weight is 899 g/mol. The van der Waals surface area contributed by atoms with E-state index in [0.29, 0.717) is 42.5 Å². The number of hydrogen-bond donors (Lipinski definition) is 8. The number of aliphatic hydroxyl groups excluding tert-OH is 2. The molecule has 13 atom stereocenters. The number of aliphatic imine (C=N–C) groups is 1. The number of rotatable bonds is 8. The van der Waals surface area contributed by atoms with Gasteiger partial charge in [0, 0.05) is 76.9 Å². The van der Waals surface area contributed by atoms with Gasteiger partial charge >= 0.3 is 5.97 Å². The number of carboxylic acid groups (broad SMARTS) is 1. The second kappa shape index (κ2) is 14.9. The molecule has 0 amide bonds. The van der Waals surface area contributed by atoms with Crippen LogP contribution in [0.1, 0.15) is 109 Å². The number of carboxylic acids is 1. The highest BCUT2D eigenvalue weighted by Gasteiger charge is 2.84. The van der Waals surface area contributed by atoms with Crippen molar-refractivity contribution in [3.05, 3.63) is 87.6 Å². The standard InChI is InChI=1S/C54H66N4O8/c1-47-18-8-5-9-19-54-44-41-37(60)29-49(54,3)50(22-23-51(58-46(55)56)21-14-34(35(45(63)64)16-26-57-4)42(62)40(51)36(50)17-27-59)30-52(54,65)24-25-53(44,66)39(43(47)48(41,2)20-15-38(47)61)33-13-12-31-10-6-7-11-32(31)28-33/h6-7,10-11,22-25,28,36,39-40,42-43,57,59,62,65-66H,9,12-21,26-27,29-30H2,1-4H3,(H,63,64)(H4,55,56,58). The van der Waals surface area contributed by atoms with E-state index < -0.39 is 79.6 Å². The Labute approximate surface area is 387 Å². The number of aryl methyl sites for hydroxylation is 1. The van der Waals surface area contributed by atoms with Crippen LogP contribution in [0.4, 0.5) is 0 Å². The zero-order chi connectivity index (χ0) is 47.0. The summed E-state index contributed by atoms with van der Waals surface area (Å²) in [6.45, 7) is 6.26. The van der Waals surface area contributed by atoms with Crippen molar-refractivity contribution in [1.82, 2.24) is 5.32 Å². The van der Waals surface area contributed by atoms with Gasteiger partial charge < -0.3 is 42.3 Å². The quantitative estimate of drug-likeness (QED) is 0.0579. The van der Waals surface area contributed by atoms with Gasteiger partial charge in [0.25, 0.3) is 0 Å². The van der Waals surface area contributed by atoms with Crippen LogP contribution in [0.5, 0.6) is 0 Å². The van der Waals surface area contributed by atoms with Crippen LogP contribution in [-0.4, -0.2) is 92.1 Å². The number of aliphatic hydroxyl groups is 4. The molecule has 3 saturated carbocycles. The Balaban J connectivity index is 1.27. The molecule has 0 radical (unpaired) electrons. The van der Waals surface area contributed by atoms with Gasteiger partial charge in [-0.3, -0.25) is 9.59 Å². The number of allylic oxidation sites excluding steroid dienone is 2. The first-order valence-electron chi connectivity index (χ1n) is 24.2. The van der Waals surface area contributed by atoms with Crippen molar-refractivity contribution >= 4 is 29.6 Å². The summed E-state index contributed by atoms with van der Waals surface area (Å²) in [6.07, 6.45) is 12.1. The summed E-state index contributed by atoms with van der Waals surface area (Å²) in [5, 5.41) is 66.2. The first-order chi connectivity index (χ1) is 31.3. The molecule has 0 heterocycles. The van der Waals surface area contributed by atoms with E-state index >= 15 is 4.79 Å². The first-order valence-corrected chi connectivity index (χ1v) is 24.2. The van der Waals surface area contributed by atoms with E-state index in [-0.39, 0.29) is 87.5 Å². The Morgan fingerprint density at radius 1 is 0.955 bits per heavy atom. The van der Waals surface area contributed by atoms with Gasteiger partial charge in [-0.25, -0.2) is 9.79 Å². The molecule has 12 nitrogen and oxygen atoms in total. The number of Topliss-reactive ketones (excluding diaryl/α,β-unsaturated/α-hetero) is 2. The highest BCUT2D eigenvalue weighted by atomic mass is 16.4. The molecule has 0 saturated heterocycles. The van der Waals surface area contributed by atoms with Crippen LogP contribution in [0.2, 0.25) is 0 Å². The SMILES string of the molecule is CNCCC(C(=O)O)=C1CCC2(N=C(N)N)C=CC3(CC4(O)C=CC5(O)C6=C7C(=O)CC3(C)C64CCC#CCC3(C)C(=O)CCC7(C)C3C5C3=Cc4ccccc4CC3)C(CCO)C2C1O. The van der Waals surface area contributed by atoms with Crippen LogP contribution in [0.15, 0.2) is 81.4 Å². The number of benzene rings is 1. The van der Waals surface area contributed by atoms with Crippen molar-refractivity contribution in [3.63, 3.8) is 0 Å². The number of ketones is 2. The molecule has 13 unspecified atom stereocenters. The third-order valence-electron chi connectivity index (χ3n) is 19.6. The van der Waals surface area contributed by atoms with E-state index in [4.69, 9.17) is 16.5 Å². The molecular formula is C54H66N4O8. The maximum Gasteiger partial charge on any atom is 0.331 e. The topological polar surface area (TPSA) is 229 Å². The van der Waals surface area contributed by atoms with Gasteiger partial charge in [-0.05, 0) is 117 Å². The average Bonchev–Trinajstić information content (AvgIpc) is 3.42. The number of nitrogens with two attached hydrogens (primary N) is 2. The summed E-state index contributed by atoms with van der Waals surface area (Å²) >= 11 is 0. The van der Waals surface area contributed by atoms with Crippen LogP contribution >= 0.6 is 0 Å². The molecule has 10 N–H and O–H groups in total. The van der Waals surface area contributed by atoms with Crippen molar-refractivity contribution in [3.8, 4) is 11.8 Å². The Morgan fingerprint density at radius 3 is 2.45 bits per heavy atom. The number of hydrogen-bond acceptors (Lipinski definition) is 9. The minimum absolute atomic E-state index is 0.0190. The van der Waals surface area contributed by atoms with Crippen LogP contribution in [0, 0.1) is 62.6 Å². The van der Waals surface area contributed by atoms with Gasteiger partial charge in [-0.15, -0.1) is 11.8 Å². The van der Waals surface area contributed by atoms with E-state index in [1.54, 1.807) is 19.2 Å². The third kappa shape index (κ3) is 5.52. The molecule has 66 heavy (non-hydrogen) atoms. The number of nitrogens with zero attached hydrogens (tertiary/aromatic N) is 1. The third-order valence-corrected chi connectivity index (χ3v) is 19.6. The van der Waals surface area contributed by atoms with E-state index in [2.05, 4.69) is 55.3 Å². The Bertz CT molecular complexity index is 2600. The van der Waals surface area contributed by atoms with Crippen molar-refractivity contribution in [2.75, 3.05) is 20.2 Å². The second-order valence-electron chi connectivity index (χ2n) is 22.2. The molecule has 4 bridgehead atoms. The van der Waals surface area contributed by atoms with Crippen molar-refractivity contribution in [2.45, 2.75) is 127 Å². The van der Waals surface area contributed by atoms with E-state index in [1.807, 2.05) is 25.1 Å². The van der Waals surface area contributed by atoms with Gasteiger partial charge in [0.1, 0.15) is 11.4 Å². The molecule has 3 fully saturated rings. The van der Waals surface area contributed by atoms with Crippen LogP contribution in [0.25, 0.3) is 6.08 Å². The number of carbonyl (C=O) groups excluding carboxylic acids is 2. The first kappa shape index (κ1) is 45.2. The molecular weight excluding hydrogens is 833 g/mol. The molecule has 2 spiro atoms. The zero-order valence-electron chi connectivity index (χ0n) is 38.8. The lowest BCUT2D eigenvalue weighted by Crippen LogP contribution is -2.71. The summed E-state index contributed by atoms with van der Waals surface area (Å²) in [4.78, 5) is 48.5. The fraction of sp³-hybridized carbons (Fsp3) is 0.593. The summed E-state index contributed by atoms with van der Waals surface area (Å²) in [5.41, 5.74) is 7.08. The maximum absolute atomic E-state index is 16.0. The zero-order valence-corrected chi connectivity index (χ0v) is 38.8. The van der Waals surface area contributed by atoms with Gasteiger partial charge in [-0.2, -0.15) is 0 Å². The maximum atomic E-state index is 16.0. The van der Waals surface area contributed by atoms with Gasteiger partial charge in [0.05, 0.1) is 17.2 Å². The van der Waals surface area contributed by atoms with Crippen LogP contribution < -0.4 is 16.8 Å². The monoisotopic (exact) mass is 898 g/mol. The molecule has 1 aromatic rings. The largest absolute Gasteiger partial charge is 0.478 e. The number of aliphatic carboxylic acids is 1. The molecule has 9 aliphatic carbocycles. The fourth-order valence-electron chi connectivity index (χ4n) is 17.2. The summed E-state index contributed by atoms with van der Waals surface area (Å²) in [6, 6.07) is 8.27. The summed E-state index contributed by atoms with van der Waals surface area (Å²) in [7, 11) is 1.74. The summed E-state index contributed by atoms with van der Waals surface area (Å²) < 4.78 is 0. The van der Waals surface area contributed by atoms with E-state index in [0.717, 1.165) is 17.6 Å². The Morgan fingerprint density at radius 2 is 1.73 bits per heavy atom. The predicted molar refractivity (Wildman–Crippen MR) is 250 cm³/mol. The molecule has 1 aromatic carbocycles. The minimum Gasteiger partial charge on any atom is -0.478 e.